The maximum Gasteiger partial charge on any atom is 0.261 e. The maximum absolute atomic E-state index is 14.4. The normalized spacial score (nSPS) is 29.9. The number of carbonyl (C=O) groups is 6. The van der Waals surface area contributed by atoms with Gasteiger partial charge >= 0.3 is 0 Å². The Morgan fingerprint density at radius 3 is 2.23 bits per heavy atom. The SMILES string of the molecule is CCCCCc1cc(CN2C(=O)c3ccccc3C2=O)c(O)c2c1C[C@@H]1C[C@@H]3[C@@H](N(C)C)C(O)C(C(N)=O)C(=O)[C@]3(O)C(=O)C1C2=O. The Kier molecular flexibility index (Phi) is 8.18. The number of amides is 3. The highest BCUT2D eigenvalue weighted by Gasteiger charge is 2.69. The van der Waals surface area contributed by atoms with E-state index in [0.29, 0.717) is 12.0 Å². The molecule has 1 aliphatic heterocycles. The first-order valence-corrected chi connectivity index (χ1v) is 16.1. The second-order valence-electron chi connectivity index (χ2n) is 13.6. The van der Waals surface area contributed by atoms with Gasteiger partial charge in [0, 0.05) is 17.5 Å². The molecule has 2 aromatic carbocycles. The Morgan fingerprint density at radius 2 is 1.66 bits per heavy atom. The number of hydrogen-bond donors (Lipinski definition) is 4. The summed E-state index contributed by atoms with van der Waals surface area (Å²) >= 11 is 0. The van der Waals surface area contributed by atoms with Crippen LogP contribution < -0.4 is 5.73 Å². The summed E-state index contributed by atoms with van der Waals surface area (Å²) in [6, 6.07) is 7.11. The zero-order valence-electron chi connectivity index (χ0n) is 26.6. The van der Waals surface area contributed by atoms with Crippen molar-refractivity contribution in [3.8, 4) is 5.75 Å². The van der Waals surface area contributed by atoms with Crippen molar-refractivity contribution < 1.29 is 44.1 Å². The molecule has 248 valence electrons. The topological polar surface area (TPSA) is 196 Å². The van der Waals surface area contributed by atoms with Crippen molar-refractivity contribution >= 4 is 35.1 Å². The number of carbonyl (C=O) groups excluding carboxylic acids is 6. The lowest BCUT2D eigenvalue weighted by atomic mass is 9.52. The molecule has 4 aliphatic rings. The Balaban J connectivity index is 1.44. The number of unbranched alkanes of at least 4 members (excludes halogenated alkanes) is 2. The molecule has 0 saturated heterocycles. The number of phenolic OH excluding ortho intramolecular Hbond substituents is 1. The van der Waals surface area contributed by atoms with Gasteiger partial charge in [0.2, 0.25) is 5.91 Å². The Hall–Kier alpha value is -4.26. The Morgan fingerprint density at radius 1 is 1.02 bits per heavy atom. The average molecular weight is 646 g/mol. The number of benzene rings is 2. The summed E-state index contributed by atoms with van der Waals surface area (Å²) < 4.78 is 0. The quantitative estimate of drug-likeness (QED) is 0.184. The molecule has 0 aromatic heterocycles. The standard InChI is InChI=1S/C35H39N3O9/c1-4-5-6-9-16-12-18(15-38-33(45)19-10-7-8-11-20(19)34(38)46)27(39)24-21(16)13-17-14-22-26(37(2)3)29(41)25(32(36)44)31(43)35(22,47)30(42)23(17)28(24)40/h7-8,10-12,17,22-23,25-26,29,39,41,47H,4-6,9,13-15H2,1-3H3,(H2,36,44)/t17-,22-,23?,25?,26-,29?,35-/m1/s1. The molecule has 3 aliphatic carbocycles. The van der Waals surface area contributed by atoms with Crippen LogP contribution in [-0.4, -0.2) is 92.0 Å². The molecule has 12 heteroatoms. The van der Waals surface area contributed by atoms with E-state index in [1.165, 1.54) is 0 Å². The summed E-state index contributed by atoms with van der Waals surface area (Å²) in [6.07, 6.45) is 1.74. The first-order chi connectivity index (χ1) is 22.2. The molecule has 0 bridgehead atoms. The number of primary amides is 1. The number of Topliss-reactive ketones (excluding diaryl/α,β-unsaturated/α-hetero) is 3. The van der Waals surface area contributed by atoms with Gasteiger partial charge in [-0.2, -0.15) is 0 Å². The van der Waals surface area contributed by atoms with Crippen LogP contribution in [0.25, 0.3) is 0 Å². The summed E-state index contributed by atoms with van der Waals surface area (Å²) in [5.41, 5.74) is 4.51. The molecule has 2 saturated carbocycles. The molecule has 0 spiro atoms. The van der Waals surface area contributed by atoms with Crippen molar-refractivity contribution in [3.63, 3.8) is 0 Å². The molecule has 1 heterocycles. The molecular formula is C35H39N3O9. The number of ketones is 3. The van der Waals surface area contributed by atoms with E-state index < -0.39 is 82.2 Å². The molecule has 5 N–H and O–H groups in total. The Labute approximate surface area is 271 Å². The molecule has 3 amide bonds. The van der Waals surface area contributed by atoms with Gasteiger partial charge < -0.3 is 26.0 Å². The molecule has 2 fully saturated rings. The minimum Gasteiger partial charge on any atom is -0.507 e. The molecule has 12 nitrogen and oxygen atoms in total. The molecule has 3 unspecified atom stereocenters. The van der Waals surface area contributed by atoms with Crippen LogP contribution >= 0.6 is 0 Å². The minimum absolute atomic E-state index is 0.0150. The largest absolute Gasteiger partial charge is 0.507 e. The molecule has 0 radical (unpaired) electrons. The number of phenols is 1. The first kappa shape index (κ1) is 32.7. The van der Waals surface area contributed by atoms with E-state index in [-0.39, 0.29) is 41.6 Å². The number of aryl methyl sites for hydroxylation is 1. The van der Waals surface area contributed by atoms with Crippen LogP contribution in [0, 0.1) is 23.7 Å². The molecule has 47 heavy (non-hydrogen) atoms. The van der Waals surface area contributed by atoms with Crippen LogP contribution in [0.1, 0.15) is 80.4 Å². The van der Waals surface area contributed by atoms with Gasteiger partial charge in [-0.15, -0.1) is 0 Å². The first-order valence-electron chi connectivity index (χ1n) is 16.1. The van der Waals surface area contributed by atoms with Gasteiger partial charge in [0.15, 0.2) is 23.0 Å². The van der Waals surface area contributed by atoms with Crippen LogP contribution in [-0.2, 0) is 33.8 Å². The molecule has 2 aromatic rings. The summed E-state index contributed by atoms with van der Waals surface area (Å²) in [5.74, 6) is -11.0. The Bertz CT molecular complexity index is 1700. The lowest BCUT2D eigenvalue weighted by molar-refractivity contribution is -0.190. The van der Waals surface area contributed by atoms with Crippen LogP contribution in [0.15, 0.2) is 30.3 Å². The van der Waals surface area contributed by atoms with Gasteiger partial charge in [-0.1, -0.05) is 31.9 Å². The van der Waals surface area contributed by atoms with Crippen LogP contribution in [0.5, 0.6) is 5.75 Å². The monoisotopic (exact) mass is 645 g/mol. The third kappa shape index (κ3) is 4.76. The smallest absolute Gasteiger partial charge is 0.261 e. The minimum atomic E-state index is -2.76. The van der Waals surface area contributed by atoms with E-state index in [4.69, 9.17) is 5.73 Å². The van der Waals surface area contributed by atoms with Crippen molar-refractivity contribution in [2.45, 2.75) is 69.7 Å². The van der Waals surface area contributed by atoms with E-state index in [9.17, 15) is 44.1 Å². The van der Waals surface area contributed by atoms with Gasteiger partial charge in [-0.05, 0) is 75.0 Å². The third-order valence-electron chi connectivity index (χ3n) is 10.7. The fourth-order valence-electron chi connectivity index (χ4n) is 8.49. The summed E-state index contributed by atoms with van der Waals surface area (Å²) in [5, 5.41) is 34.6. The second kappa shape index (κ2) is 11.8. The summed E-state index contributed by atoms with van der Waals surface area (Å²) in [7, 11) is 3.19. The zero-order valence-corrected chi connectivity index (χ0v) is 26.6. The number of rotatable bonds is 8. The number of imide groups is 1. The zero-order chi connectivity index (χ0) is 34.1. The lowest BCUT2D eigenvalue weighted by Gasteiger charge is -2.55. The van der Waals surface area contributed by atoms with Crippen molar-refractivity contribution in [3.05, 3.63) is 63.7 Å². The molecule has 7 atom stereocenters. The number of hydrogen-bond acceptors (Lipinski definition) is 10. The van der Waals surface area contributed by atoms with Crippen molar-refractivity contribution in [1.82, 2.24) is 9.80 Å². The van der Waals surface area contributed by atoms with Gasteiger partial charge in [0.1, 0.15) is 11.7 Å². The number of fused-ring (bicyclic) bond motifs is 4. The van der Waals surface area contributed by atoms with E-state index in [2.05, 4.69) is 0 Å². The fourth-order valence-corrected chi connectivity index (χ4v) is 8.49. The number of aliphatic hydroxyl groups excluding tert-OH is 1. The third-order valence-corrected chi connectivity index (χ3v) is 10.7. The van der Waals surface area contributed by atoms with Gasteiger partial charge in [0.05, 0.1) is 35.3 Å². The highest BCUT2D eigenvalue weighted by atomic mass is 16.3. The highest BCUT2D eigenvalue weighted by molar-refractivity contribution is 6.26. The predicted octanol–water partition coefficient (Wildman–Crippen LogP) is 1.19. The second-order valence-corrected chi connectivity index (χ2v) is 13.6. The van der Waals surface area contributed by atoms with Crippen LogP contribution in [0.2, 0.25) is 0 Å². The number of likely N-dealkylation sites (N-methyl/N-ethyl adjacent to an activating group) is 1. The van der Waals surface area contributed by atoms with E-state index >= 15 is 0 Å². The van der Waals surface area contributed by atoms with E-state index in [1.54, 1.807) is 49.3 Å². The number of aromatic hydroxyl groups is 1. The van der Waals surface area contributed by atoms with Crippen LogP contribution in [0.3, 0.4) is 0 Å². The van der Waals surface area contributed by atoms with Gasteiger partial charge in [-0.25, -0.2) is 0 Å². The average Bonchev–Trinajstić information content (AvgIpc) is 3.25. The highest BCUT2D eigenvalue weighted by Crippen LogP contribution is 2.52. The van der Waals surface area contributed by atoms with Crippen LogP contribution in [0.4, 0.5) is 0 Å². The van der Waals surface area contributed by atoms with Crippen molar-refractivity contribution in [2.24, 2.45) is 29.4 Å². The van der Waals surface area contributed by atoms with Gasteiger partial charge in [0.25, 0.3) is 11.8 Å². The summed E-state index contributed by atoms with van der Waals surface area (Å²) in [6.45, 7) is 1.74. The lowest BCUT2D eigenvalue weighted by Crippen LogP contribution is -2.75. The van der Waals surface area contributed by atoms with E-state index in [1.807, 2.05) is 6.92 Å². The van der Waals surface area contributed by atoms with Crippen molar-refractivity contribution in [1.29, 1.82) is 0 Å². The predicted molar refractivity (Wildman–Crippen MR) is 166 cm³/mol. The number of nitrogens with two attached hydrogens (primary N) is 1. The van der Waals surface area contributed by atoms with E-state index in [0.717, 1.165) is 29.7 Å². The fraction of sp³-hybridized carbons (Fsp3) is 0.486. The van der Waals surface area contributed by atoms with Crippen molar-refractivity contribution in [2.75, 3.05) is 14.1 Å². The molecule has 6 rings (SSSR count). The maximum atomic E-state index is 14.4. The van der Waals surface area contributed by atoms with Gasteiger partial charge in [-0.3, -0.25) is 33.7 Å². The number of aliphatic hydroxyl groups is 2. The summed E-state index contributed by atoms with van der Waals surface area (Å²) in [4.78, 5) is 83.5. The molecular weight excluding hydrogens is 606 g/mol. The number of nitrogens with zero attached hydrogens (tertiary/aromatic N) is 2.